The Morgan fingerprint density at radius 3 is 0.985 bits per heavy atom. The molecule has 68 heavy (non-hydrogen) atoms. The zero-order valence-electron chi connectivity index (χ0n) is 44.9. The summed E-state index contributed by atoms with van der Waals surface area (Å²) in [5, 5.41) is 0. The highest BCUT2D eigenvalue weighted by Gasteiger charge is 2.19. The summed E-state index contributed by atoms with van der Waals surface area (Å²) in [6.45, 7) is 6.47. The van der Waals surface area contributed by atoms with Crippen LogP contribution in [0.15, 0.2) is 72.9 Å². The Bertz CT molecular complexity index is 1270. The lowest BCUT2D eigenvalue weighted by Gasteiger charge is -2.18. The topological polar surface area (TPSA) is 78.9 Å². The summed E-state index contributed by atoms with van der Waals surface area (Å²) in [5.74, 6) is -0.958. The van der Waals surface area contributed by atoms with Gasteiger partial charge in [0.1, 0.15) is 13.2 Å². The normalized spacial score (nSPS) is 12.6. The summed E-state index contributed by atoms with van der Waals surface area (Å²) >= 11 is 0. The summed E-state index contributed by atoms with van der Waals surface area (Å²) < 4.78 is 16.8. The standard InChI is InChI=1S/C62H108O6/c1-4-7-10-13-16-19-22-25-27-29-30-31-32-34-35-37-40-43-46-49-52-55-61(64)67-58-59(57-66-60(63)54-51-48-45-42-39-24-21-18-15-12-9-6-3)68-62(65)56-53-50-47-44-41-38-36-33-28-26-23-20-17-14-11-8-5-2/h8,11,17-18,20-21,26,28,36,38,44,47,59H,4-7,9-10,12-16,19,22-25,27,29-35,37,39-43,45-46,48-58H2,1-3H3/b11-8-,20-17-,21-18-,28-26-,38-36-,47-44-. The van der Waals surface area contributed by atoms with E-state index in [9.17, 15) is 14.4 Å². The van der Waals surface area contributed by atoms with Crippen molar-refractivity contribution in [2.75, 3.05) is 13.2 Å². The van der Waals surface area contributed by atoms with Gasteiger partial charge in [-0.2, -0.15) is 0 Å². The number of hydrogen-bond acceptors (Lipinski definition) is 6. The second kappa shape index (κ2) is 56.4. The quantitative estimate of drug-likeness (QED) is 0.0262. The Morgan fingerprint density at radius 2 is 0.588 bits per heavy atom. The average Bonchev–Trinajstić information content (AvgIpc) is 3.34. The number of unbranched alkanes of at least 4 members (excludes halogenated alkanes) is 29. The summed E-state index contributed by atoms with van der Waals surface area (Å²) in [5.41, 5.74) is 0. The van der Waals surface area contributed by atoms with Crippen molar-refractivity contribution in [3.05, 3.63) is 72.9 Å². The van der Waals surface area contributed by atoms with Crippen LogP contribution >= 0.6 is 0 Å². The second-order valence-corrected chi connectivity index (χ2v) is 19.2. The van der Waals surface area contributed by atoms with Crippen molar-refractivity contribution >= 4 is 17.9 Å². The van der Waals surface area contributed by atoms with Gasteiger partial charge in [-0.05, 0) is 83.5 Å². The first-order valence-corrected chi connectivity index (χ1v) is 28.9. The first kappa shape index (κ1) is 64.8. The minimum Gasteiger partial charge on any atom is -0.462 e. The molecule has 0 radical (unpaired) electrons. The van der Waals surface area contributed by atoms with E-state index in [1.54, 1.807) is 0 Å². The molecule has 0 aromatic carbocycles. The lowest BCUT2D eigenvalue weighted by molar-refractivity contribution is -0.167. The van der Waals surface area contributed by atoms with E-state index in [1.165, 1.54) is 154 Å². The monoisotopic (exact) mass is 949 g/mol. The van der Waals surface area contributed by atoms with Gasteiger partial charge in [-0.3, -0.25) is 14.4 Å². The molecule has 0 aromatic heterocycles. The molecule has 0 aromatic rings. The third-order valence-electron chi connectivity index (χ3n) is 12.4. The molecule has 0 bridgehead atoms. The minimum atomic E-state index is -0.807. The van der Waals surface area contributed by atoms with Gasteiger partial charge in [0.25, 0.3) is 0 Å². The summed E-state index contributed by atoms with van der Waals surface area (Å²) in [7, 11) is 0. The third-order valence-corrected chi connectivity index (χ3v) is 12.4. The molecule has 392 valence electrons. The van der Waals surface area contributed by atoms with Crippen molar-refractivity contribution in [3.63, 3.8) is 0 Å². The van der Waals surface area contributed by atoms with Crippen molar-refractivity contribution in [2.24, 2.45) is 0 Å². The Labute approximate surface area is 421 Å². The zero-order valence-corrected chi connectivity index (χ0v) is 44.9. The Kier molecular flexibility index (Phi) is 53.8. The smallest absolute Gasteiger partial charge is 0.306 e. The molecule has 0 N–H and O–H groups in total. The van der Waals surface area contributed by atoms with E-state index >= 15 is 0 Å². The van der Waals surface area contributed by atoms with Crippen LogP contribution in [0.25, 0.3) is 0 Å². The van der Waals surface area contributed by atoms with Crippen LogP contribution in [0.3, 0.4) is 0 Å². The van der Waals surface area contributed by atoms with Gasteiger partial charge in [0, 0.05) is 19.3 Å². The maximum absolute atomic E-state index is 12.8. The molecule has 0 aliphatic carbocycles. The van der Waals surface area contributed by atoms with Gasteiger partial charge in [0.2, 0.25) is 0 Å². The second-order valence-electron chi connectivity index (χ2n) is 19.2. The number of ether oxygens (including phenoxy) is 3. The van der Waals surface area contributed by atoms with E-state index in [2.05, 4.69) is 93.7 Å². The first-order chi connectivity index (χ1) is 33.5. The molecule has 0 amide bonds. The number of allylic oxidation sites excluding steroid dienone is 12. The first-order valence-electron chi connectivity index (χ1n) is 28.9. The van der Waals surface area contributed by atoms with E-state index < -0.39 is 6.10 Å². The van der Waals surface area contributed by atoms with Gasteiger partial charge < -0.3 is 14.2 Å². The van der Waals surface area contributed by atoms with E-state index in [0.717, 1.165) is 83.5 Å². The van der Waals surface area contributed by atoms with E-state index in [0.29, 0.717) is 19.3 Å². The van der Waals surface area contributed by atoms with Crippen molar-refractivity contribution in [2.45, 2.75) is 290 Å². The lowest BCUT2D eigenvalue weighted by Crippen LogP contribution is -2.30. The molecule has 0 heterocycles. The number of rotatable bonds is 52. The van der Waals surface area contributed by atoms with Crippen molar-refractivity contribution in [3.8, 4) is 0 Å². The average molecular weight is 950 g/mol. The van der Waals surface area contributed by atoms with Crippen molar-refractivity contribution in [1.29, 1.82) is 0 Å². The van der Waals surface area contributed by atoms with Crippen LogP contribution in [0.4, 0.5) is 0 Å². The number of esters is 3. The Morgan fingerprint density at radius 1 is 0.309 bits per heavy atom. The van der Waals surface area contributed by atoms with Crippen LogP contribution in [0, 0.1) is 0 Å². The molecule has 0 aliphatic rings. The molecule has 0 spiro atoms. The van der Waals surface area contributed by atoms with Gasteiger partial charge in [-0.1, -0.05) is 254 Å². The maximum atomic E-state index is 12.8. The molecule has 0 aliphatic heterocycles. The van der Waals surface area contributed by atoms with Crippen LogP contribution in [-0.2, 0) is 28.6 Å². The largest absolute Gasteiger partial charge is 0.462 e. The summed E-state index contributed by atoms with van der Waals surface area (Å²) in [6.07, 6.45) is 71.9. The van der Waals surface area contributed by atoms with Crippen LogP contribution in [0.5, 0.6) is 0 Å². The Balaban J connectivity index is 4.38. The van der Waals surface area contributed by atoms with Gasteiger partial charge in [-0.15, -0.1) is 0 Å². The molecular weight excluding hydrogens is 841 g/mol. The van der Waals surface area contributed by atoms with Crippen LogP contribution in [-0.4, -0.2) is 37.2 Å². The van der Waals surface area contributed by atoms with Crippen molar-refractivity contribution in [1.82, 2.24) is 0 Å². The minimum absolute atomic E-state index is 0.0983. The van der Waals surface area contributed by atoms with Crippen LogP contribution in [0.2, 0.25) is 0 Å². The molecule has 0 rings (SSSR count). The predicted molar refractivity (Wildman–Crippen MR) is 293 cm³/mol. The number of carbonyl (C=O) groups is 3. The fourth-order valence-corrected chi connectivity index (χ4v) is 8.12. The molecule has 0 saturated carbocycles. The van der Waals surface area contributed by atoms with E-state index in [-0.39, 0.29) is 37.5 Å². The van der Waals surface area contributed by atoms with Gasteiger partial charge >= 0.3 is 17.9 Å². The van der Waals surface area contributed by atoms with Crippen LogP contribution in [0.1, 0.15) is 284 Å². The predicted octanol–water partition coefficient (Wildman–Crippen LogP) is 19.4. The summed E-state index contributed by atoms with van der Waals surface area (Å²) in [6, 6.07) is 0. The van der Waals surface area contributed by atoms with Gasteiger partial charge in [-0.25, -0.2) is 0 Å². The third kappa shape index (κ3) is 53.8. The number of hydrogen-bond donors (Lipinski definition) is 0. The van der Waals surface area contributed by atoms with Crippen molar-refractivity contribution < 1.29 is 28.6 Å². The maximum Gasteiger partial charge on any atom is 0.306 e. The highest BCUT2D eigenvalue weighted by atomic mass is 16.6. The highest BCUT2D eigenvalue weighted by Crippen LogP contribution is 2.16. The highest BCUT2D eigenvalue weighted by molar-refractivity contribution is 5.71. The SMILES string of the molecule is CC/C=C\C/C=C\C/C=C\C/C=C\C/C=C\CCCC(=O)OC(COC(=O)CCCCCCC/C=C\CCCCC)COC(=O)CCCCCCCCCCCCCCCCCCCCCCC. The molecule has 1 unspecified atom stereocenters. The zero-order chi connectivity index (χ0) is 49.3. The summed E-state index contributed by atoms with van der Waals surface area (Å²) in [4.78, 5) is 38.1. The fourth-order valence-electron chi connectivity index (χ4n) is 8.12. The number of carbonyl (C=O) groups excluding carboxylic acids is 3. The molecule has 0 saturated heterocycles. The molecular formula is C62H108O6. The molecule has 1 atom stereocenters. The van der Waals surface area contributed by atoms with Gasteiger partial charge in [0.15, 0.2) is 6.10 Å². The fraction of sp³-hybridized carbons (Fsp3) is 0.758. The molecule has 6 nitrogen and oxygen atoms in total. The lowest BCUT2D eigenvalue weighted by atomic mass is 10.0. The van der Waals surface area contributed by atoms with Crippen LogP contribution < -0.4 is 0 Å². The molecule has 6 heteroatoms. The molecule has 0 fully saturated rings. The van der Waals surface area contributed by atoms with Gasteiger partial charge in [0.05, 0.1) is 0 Å². The Hall–Kier alpha value is -3.15. The van der Waals surface area contributed by atoms with E-state index in [1.807, 2.05) is 0 Å². The van der Waals surface area contributed by atoms with E-state index in [4.69, 9.17) is 14.2 Å².